The Balaban J connectivity index is 3.34. The molecule has 74 valence electrons. The van der Waals surface area contributed by atoms with Crippen molar-refractivity contribution in [3.8, 4) is 6.07 Å². The molecule has 0 saturated carbocycles. The van der Waals surface area contributed by atoms with Crippen molar-refractivity contribution in [3.05, 3.63) is 26.6 Å². The Morgan fingerprint density at radius 1 is 1.64 bits per heavy atom. The molecule has 0 N–H and O–H groups in total. The van der Waals surface area contributed by atoms with Gasteiger partial charge >= 0.3 is 0 Å². The standard InChI is InChI=1S/C8H4BrF2IN2/c9-2-6-5(7(10)11)1-4(3-13)8(12)14-6/h1,7H,2H2. The van der Waals surface area contributed by atoms with Gasteiger partial charge < -0.3 is 0 Å². The van der Waals surface area contributed by atoms with Crippen molar-refractivity contribution in [1.82, 2.24) is 4.98 Å². The summed E-state index contributed by atoms with van der Waals surface area (Å²) >= 11 is 4.93. The lowest BCUT2D eigenvalue weighted by atomic mass is 10.1. The molecular formula is C8H4BrF2IN2. The average molecular weight is 373 g/mol. The van der Waals surface area contributed by atoms with Crippen LogP contribution in [0.15, 0.2) is 6.07 Å². The van der Waals surface area contributed by atoms with E-state index in [1.807, 2.05) is 28.7 Å². The summed E-state index contributed by atoms with van der Waals surface area (Å²) < 4.78 is 25.4. The van der Waals surface area contributed by atoms with Crippen LogP contribution in [-0.4, -0.2) is 4.98 Å². The molecule has 0 spiro atoms. The van der Waals surface area contributed by atoms with Crippen molar-refractivity contribution in [3.63, 3.8) is 0 Å². The number of rotatable bonds is 2. The largest absolute Gasteiger partial charge is 0.265 e. The maximum absolute atomic E-state index is 12.5. The summed E-state index contributed by atoms with van der Waals surface area (Å²) in [7, 11) is 0. The third kappa shape index (κ3) is 2.39. The number of hydrogen-bond donors (Lipinski definition) is 0. The highest BCUT2D eigenvalue weighted by Gasteiger charge is 2.16. The van der Waals surface area contributed by atoms with Crippen LogP contribution in [-0.2, 0) is 5.33 Å². The molecule has 1 heterocycles. The Bertz CT molecular complexity index is 390. The summed E-state index contributed by atoms with van der Waals surface area (Å²) in [6, 6.07) is 3.01. The van der Waals surface area contributed by atoms with Gasteiger partial charge in [-0.2, -0.15) is 5.26 Å². The van der Waals surface area contributed by atoms with Gasteiger partial charge in [-0.3, -0.25) is 0 Å². The average Bonchev–Trinajstić information content (AvgIpc) is 2.16. The number of pyridine rings is 1. The van der Waals surface area contributed by atoms with Gasteiger partial charge in [-0.15, -0.1) is 0 Å². The molecule has 14 heavy (non-hydrogen) atoms. The van der Waals surface area contributed by atoms with E-state index in [1.165, 1.54) is 6.07 Å². The van der Waals surface area contributed by atoms with E-state index in [1.54, 1.807) is 0 Å². The fraction of sp³-hybridized carbons (Fsp3) is 0.250. The van der Waals surface area contributed by atoms with E-state index < -0.39 is 6.43 Å². The Morgan fingerprint density at radius 3 is 2.71 bits per heavy atom. The van der Waals surface area contributed by atoms with Crippen LogP contribution in [0.4, 0.5) is 8.78 Å². The summed E-state index contributed by atoms with van der Waals surface area (Å²) in [4.78, 5) is 3.92. The van der Waals surface area contributed by atoms with E-state index in [2.05, 4.69) is 20.9 Å². The maximum atomic E-state index is 12.5. The summed E-state index contributed by atoms with van der Waals surface area (Å²) in [5.74, 6) is 0. The SMILES string of the molecule is N#Cc1cc(C(F)F)c(CBr)nc1I. The van der Waals surface area contributed by atoms with E-state index in [9.17, 15) is 8.78 Å². The van der Waals surface area contributed by atoms with Crippen molar-refractivity contribution in [2.24, 2.45) is 0 Å². The third-order valence-electron chi connectivity index (χ3n) is 1.57. The second kappa shape index (κ2) is 4.98. The molecule has 1 aromatic rings. The lowest BCUT2D eigenvalue weighted by Gasteiger charge is -2.06. The first kappa shape index (κ1) is 11.8. The number of aromatic nitrogens is 1. The van der Waals surface area contributed by atoms with Crippen LogP contribution >= 0.6 is 38.5 Å². The number of halogens is 4. The quantitative estimate of drug-likeness (QED) is 0.453. The topological polar surface area (TPSA) is 36.7 Å². The van der Waals surface area contributed by atoms with Gasteiger partial charge in [-0.1, -0.05) is 15.9 Å². The van der Waals surface area contributed by atoms with Crippen LogP contribution in [0.3, 0.4) is 0 Å². The molecule has 0 aliphatic carbocycles. The van der Waals surface area contributed by atoms with Gasteiger partial charge in [-0.25, -0.2) is 13.8 Å². The molecule has 0 radical (unpaired) electrons. The lowest BCUT2D eigenvalue weighted by molar-refractivity contribution is 0.150. The fourth-order valence-electron chi connectivity index (χ4n) is 0.916. The first-order chi connectivity index (χ1) is 6.60. The first-order valence-corrected chi connectivity index (χ1v) is 5.73. The van der Waals surface area contributed by atoms with Gasteiger partial charge in [0.05, 0.1) is 11.3 Å². The van der Waals surface area contributed by atoms with Crippen molar-refractivity contribution < 1.29 is 8.78 Å². The number of hydrogen-bond acceptors (Lipinski definition) is 2. The van der Waals surface area contributed by atoms with Gasteiger partial charge in [-0.05, 0) is 28.7 Å². The van der Waals surface area contributed by atoms with Crippen LogP contribution in [0.1, 0.15) is 23.2 Å². The zero-order valence-corrected chi connectivity index (χ0v) is 10.5. The van der Waals surface area contributed by atoms with E-state index in [4.69, 9.17) is 5.26 Å². The molecule has 1 aromatic heterocycles. The molecule has 0 aliphatic heterocycles. The lowest BCUT2D eigenvalue weighted by Crippen LogP contribution is -2.00. The van der Waals surface area contributed by atoms with E-state index in [-0.39, 0.29) is 22.2 Å². The van der Waals surface area contributed by atoms with Gasteiger partial charge in [0.1, 0.15) is 9.77 Å². The molecule has 2 nitrogen and oxygen atoms in total. The number of nitriles is 1. The zero-order valence-electron chi connectivity index (χ0n) is 6.77. The molecule has 0 unspecified atom stereocenters. The molecule has 0 aliphatic rings. The van der Waals surface area contributed by atoms with Gasteiger partial charge in [0.25, 0.3) is 6.43 Å². The smallest absolute Gasteiger partial charge is 0.244 e. The minimum Gasteiger partial charge on any atom is -0.244 e. The normalized spacial score (nSPS) is 10.3. The van der Waals surface area contributed by atoms with Crippen LogP contribution in [0.2, 0.25) is 0 Å². The van der Waals surface area contributed by atoms with Gasteiger partial charge in [0.2, 0.25) is 0 Å². The summed E-state index contributed by atoms with van der Waals surface area (Å²) in [6.45, 7) is 0. The second-order valence-electron chi connectivity index (χ2n) is 2.41. The minimum absolute atomic E-state index is 0.182. The van der Waals surface area contributed by atoms with Crippen molar-refractivity contribution >= 4 is 38.5 Å². The van der Waals surface area contributed by atoms with Crippen LogP contribution in [0.5, 0.6) is 0 Å². The molecule has 6 heteroatoms. The Hall–Kier alpha value is -0.290. The van der Waals surface area contributed by atoms with E-state index >= 15 is 0 Å². The predicted octanol–water partition coefficient (Wildman–Crippen LogP) is 3.39. The van der Waals surface area contributed by atoms with E-state index in [0.29, 0.717) is 3.70 Å². The molecule has 0 saturated heterocycles. The Labute approximate surface area is 102 Å². The second-order valence-corrected chi connectivity index (χ2v) is 3.99. The molecule has 0 fully saturated rings. The molecule has 0 atom stereocenters. The molecule has 1 rings (SSSR count). The zero-order chi connectivity index (χ0) is 10.7. The van der Waals surface area contributed by atoms with Crippen molar-refractivity contribution in [1.29, 1.82) is 5.26 Å². The van der Waals surface area contributed by atoms with Gasteiger partial charge in [0.15, 0.2) is 0 Å². The Kier molecular flexibility index (Phi) is 4.19. The molecular weight excluding hydrogens is 369 g/mol. The summed E-state index contributed by atoms with van der Waals surface area (Å²) in [5, 5.41) is 8.90. The third-order valence-corrected chi connectivity index (χ3v) is 2.92. The molecule has 0 bridgehead atoms. The van der Waals surface area contributed by atoms with E-state index in [0.717, 1.165) is 0 Å². The number of nitrogens with zero attached hydrogens (tertiary/aromatic N) is 2. The highest BCUT2D eigenvalue weighted by atomic mass is 127. The highest BCUT2D eigenvalue weighted by Crippen LogP contribution is 2.26. The summed E-state index contributed by atoms with van der Waals surface area (Å²) in [6.07, 6.45) is -2.60. The molecule has 0 aromatic carbocycles. The predicted molar refractivity (Wildman–Crippen MR) is 59.3 cm³/mol. The molecule has 0 amide bonds. The first-order valence-electron chi connectivity index (χ1n) is 3.53. The van der Waals surface area contributed by atoms with Gasteiger partial charge in [0, 0.05) is 10.9 Å². The van der Waals surface area contributed by atoms with Crippen molar-refractivity contribution in [2.45, 2.75) is 11.8 Å². The van der Waals surface area contributed by atoms with Crippen LogP contribution in [0, 0.1) is 15.0 Å². The van der Waals surface area contributed by atoms with Crippen LogP contribution < -0.4 is 0 Å². The monoisotopic (exact) mass is 372 g/mol. The fourth-order valence-corrected chi connectivity index (χ4v) is 1.93. The summed E-state index contributed by atoms with van der Waals surface area (Å²) in [5.41, 5.74) is 0.285. The van der Waals surface area contributed by atoms with Crippen LogP contribution in [0.25, 0.3) is 0 Å². The van der Waals surface area contributed by atoms with Crippen molar-refractivity contribution in [2.75, 3.05) is 0 Å². The minimum atomic E-state index is -2.60. The highest BCUT2D eigenvalue weighted by molar-refractivity contribution is 14.1. The number of alkyl halides is 3. The maximum Gasteiger partial charge on any atom is 0.265 e. The Morgan fingerprint density at radius 2 is 2.29 bits per heavy atom.